The summed E-state index contributed by atoms with van der Waals surface area (Å²) in [5, 5.41) is 3.92. The van der Waals surface area contributed by atoms with E-state index in [2.05, 4.69) is 28.9 Å². The Morgan fingerprint density at radius 1 is 1.29 bits per heavy atom. The lowest BCUT2D eigenvalue weighted by Crippen LogP contribution is -2.33. The molecule has 0 spiro atoms. The van der Waals surface area contributed by atoms with Crippen LogP contribution in [0.25, 0.3) is 0 Å². The topological polar surface area (TPSA) is 59.2 Å². The fraction of sp³-hybridized carbons (Fsp3) is 0.421. The summed E-state index contributed by atoms with van der Waals surface area (Å²) in [4.78, 5) is 18.6. The molecule has 0 aliphatic heterocycles. The van der Waals surface area contributed by atoms with Crippen molar-refractivity contribution in [3.8, 4) is 0 Å². The molecule has 0 atom stereocenters. The Balaban J connectivity index is 1.87. The fourth-order valence-corrected chi connectivity index (χ4v) is 2.36. The van der Waals surface area contributed by atoms with Crippen molar-refractivity contribution in [2.45, 2.75) is 39.0 Å². The number of nitrogens with zero attached hydrogens (tertiary/aromatic N) is 3. The van der Waals surface area contributed by atoms with Gasteiger partial charge in [-0.1, -0.05) is 55.4 Å². The van der Waals surface area contributed by atoms with Gasteiger partial charge in [-0.3, -0.25) is 4.79 Å². The van der Waals surface area contributed by atoms with Crippen LogP contribution in [0.4, 0.5) is 0 Å². The average molecular weight is 327 g/mol. The first-order valence-electron chi connectivity index (χ1n) is 8.35. The van der Waals surface area contributed by atoms with Gasteiger partial charge in [-0.25, -0.2) is 0 Å². The van der Waals surface area contributed by atoms with Crippen LogP contribution in [0, 0.1) is 0 Å². The highest BCUT2D eigenvalue weighted by Crippen LogP contribution is 2.11. The Morgan fingerprint density at radius 2 is 2.04 bits per heavy atom. The summed E-state index contributed by atoms with van der Waals surface area (Å²) in [7, 11) is 0. The van der Waals surface area contributed by atoms with Gasteiger partial charge in [-0.2, -0.15) is 4.98 Å². The zero-order valence-corrected chi connectivity index (χ0v) is 14.4. The molecule has 0 radical (unpaired) electrons. The van der Waals surface area contributed by atoms with Crippen LogP contribution in [-0.4, -0.2) is 34.0 Å². The summed E-state index contributed by atoms with van der Waals surface area (Å²) in [6.07, 6.45) is 3.42. The second-order valence-electron chi connectivity index (χ2n) is 6.07. The second kappa shape index (κ2) is 9.01. The zero-order chi connectivity index (χ0) is 17.4. The van der Waals surface area contributed by atoms with Crippen LogP contribution in [0.5, 0.6) is 0 Å². The van der Waals surface area contributed by atoms with Crippen LogP contribution in [0.1, 0.15) is 43.5 Å². The van der Waals surface area contributed by atoms with Crippen molar-refractivity contribution in [2.75, 3.05) is 13.1 Å². The van der Waals surface area contributed by atoms with Crippen molar-refractivity contribution < 1.29 is 9.32 Å². The molecule has 0 N–H and O–H groups in total. The van der Waals surface area contributed by atoms with Gasteiger partial charge in [-0.15, -0.1) is 6.58 Å². The van der Waals surface area contributed by atoms with Crippen molar-refractivity contribution in [3.05, 3.63) is 60.3 Å². The number of aryl methyl sites for hydroxylation is 1. The number of carbonyl (C=O) groups excluding carboxylic acids is 1. The molecule has 24 heavy (non-hydrogen) atoms. The van der Waals surface area contributed by atoms with Gasteiger partial charge in [0.1, 0.15) is 0 Å². The molecule has 128 valence electrons. The number of aromatic nitrogens is 2. The minimum absolute atomic E-state index is 0.0788. The molecule has 0 bridgehead atoms. The number of carbonyl (C=O) groups is 1. The largest absolute Gasteiger partial charge is 0.339 e. The van der Waals surface area contributed by atoms with Gasteiger partial charge in [0.15, 0.2) is 5.82 Å². The Kier molecular flexibility index (Phi) is 6.73. The monoisotopic (exact) mass is 327 g/mol. The fourth-order valence-electron chi connectivity index (χ4n) is 2.36. The van der Waals surface area contributed by atoms with Gasteiger partial charge in [0.2, 0.25) is 11.8 Å². The predicted octanol–water partition coefficient (Wildman–Crippen LogP) is 3.38. The summed E-state index contributed by atoms with van der Waals surface area (Å²) < 4.78 is 5.19. The predicted molar refractivity (Wildman–Crippen MR) is 93.6 cm³/mol. The molecule has 0 aliphatic carbocycles. The Morgan fingerprint density at radius 3 is 2.67 bits per heavy atom. The minimum atomic E-state index is 0.0788. The van der Waals surface area contributed by atoms with Crippen LogP contribution in [0.2, 0.25) is 0 Å². The third-order valence-electron chi connectivity index (χ3n) is 3.77. The van der Waals surface area contributed by atoms with E-state index >= 15 is 0 Å². The highest BCUT2D eigenvalue weighted by Gasteiger charge is 2.15. The van der Waals surface area contributed by atoms with Gasteiger partial charge in [0, 0.05) is 31.8 Å². The molecule has 5 nitrogen and oxygen atoms in total. The van der Waals surface area contributed by atoms with Crippen LogP contribution >= 0.6 is 0 Å². The van der Waals surface area contributed by atoms with Crippen molar-refractivity contribution in [1.82, 2.24) is 15.0 Å². The van der Waals surface area contributed by atoms with Gasteiger partial charge in [0.25, 0.3) is 0 Å². The third-order valence-corrected chi connectivity index (χ3v) is 3.77. The maximum atomic E-state index is 12.5. The van der Waals surface area contributed by atoms with E-state index in [1.807, 2.05) is 36.9 Å². The molecular weight excluding hydrogens is 302 g/mol. The molecule has 2 aromatic rings. The Bertz CT molecular complexity index is 650. The maximum absolute atomic E-state index is 12.5. The molecular formula is C19H25N3O2. The SMILES string of the molecule is C=CCN(CCc1ccccc1)C(=O)CCc1nc(C(C)C)no1. The average Bonchev–Trinajstić information content (AvgIpc) is 3.06. The molecule has 1 aromatic heterocycles. The second-order valence-corrected chi connectivity index (χ2v) is 6.07. The molecule has 5 heteroatoms. The lowest BCUT2D eigenvalue weighted by atomic mass is 10.1. The summed E-state index contributed by atoms with van der Waals surface area (Å²) in [5.74, 6) is 1.51. The number of hydrogen-bond donors (Lipinski definition) is 0. The van der Waals surface area contributed by atoms with E-state index in [0.717, 1.165) is 6.42 Å². The van der Waals surface area contributed by atoms with E-state index in [9.17, 15) is 4.79 Å². The van der Waals surface area contributed by atoms with Gasteiger partial charge < -0.3 is 9.42 Å². The number of rotatable bonds is 9. The van der Waals surface area contributed by atoms with E-state index in [1.165, 1.54) is 5.56 Å². The quantitative estimate of drug-likeness (QED) is 0.663. The summed E-state index contributed by atoms with van der Waals surface area (Å²) >= 11 is 0. The van der Waals surface area contributed by atoms with E-state index < -0.39 is 0 Å². The summed E-state index contributed by atoms with van der Waals surface area (Å²) in [6, 6.07) is 10.2. The van der Waals surface area contributed by atoms with Crippen molar-refractivity contribution in [1.29, 1.82) is 0 Å². The zero-order valence-electron chi connectivity index (χ0n) is 14.4. The molecule has 0 aliphatic rings. The summed E-state index contributed by atoms with van der Waals surface area (Å²) in [5.41, 5.74) is 1.22. The van der Waals surface area contributed by atoms with Crippen LogP contribution < -0.4 is 0 Å². The Labute approximate surface area is 143 Å². The molecule has 1 heterocycles. The van der Waals surface area contributed by atoms with Crippen molar-refractivity contribution >= 4 is 5.91 Å². The standard InChI is InChI=1S/C19H25N3O2/c1-4-13-22(14-12-16-8-6-5-7-9-16)18(23)11-10-17-20-19(15(2)3)21-24-17/h4-9,15H,1,10-14H2,2-3H3. The molecule has 0 saturated carbocycles. The normalized spacial score (nSPS) is 10.8. The van der Waals surface area contributed by atoms with Gasteiger partial charge >= 0.3 is 0 Å². The lowest BCUT2D eigenvalue weighted by Gasteiger charge is -2.21. The number of benzene rings is 1. The lowest BCUT2D eigenvalue weighted by molar-refractivity contribution is -0.130. The van der Waals surface area contributed by atoms with Crippen LogP contribution in [0.3, 0.4) is 0 Å². The van der Waals surface area contributed by atoms with E-state index in [-0.39, 0.29) is 11.8 Å². The molecule has 1 amide bonds. The molecule has 1 aromatic carbocycles. The first-order chi connectivity index (χ1) is 11.6. The smallest absolute Gasteiger partial charge is 0.227 e. The van der Waals surface area contributed by atoms with E-state index in [4.69, 9.17) is 4.52 Å². The third kappa shape index (κ3) is 5.33. The first kappa shape index (κ1) is 17.9. The maximum Gasteiger partial charge on any atom is 0.227 e. The van der Waals surface area contributed by atoms with E-state index in [0.29, 0.717) is 37.6 Å². The van der Waals surface area contributed by atoms with E-state index in [1.54, 1.807) is 6.08 Å². The number of hydrogen-bond acceptors (Lipinski definition) is 4. The number of amides is 1. The summed E-state index contributed by atoms with van der Waals surface area (Å²) in [6.45, 7) is 8.99. The molecule has 0 fully saturated rings. The first-order valence-corrected chi connectivity index (χ1v) is 8.35. The highest BCUT2D eigenvalue weighted by atomic mass is 16.5. The van der Waals surface area contributed by atoms with Crippen molar-refractivity contribution in [2.24, 2.45) is 0 Å². The highest BCUT2D eigenvalue weighted by molar-refractivity contribution is 5.76. The van der Waals surface area contributed by atoms with Crippen LogP contribution in [-0.2, 0) is 17.6 Å². The van der Waals surface area contributed by atoms with Gasteiger partial charge in [0.05, 0.1) is 0 Å². The molecule has 0 unspecified atom stereocenters. The molecule has 0 saturated heterocycles. The Hall–Kier alpha value is -2.43. The minimum Gasteiger partial charge on any atom is -0.339 e. The van der Waals surface area contributed by atoms with Gasteiger partial charge in [-0.05, 0) is 12.0 Å². The van der Waals surface area contributed by atoms with Crippen LogP contribution in [0.15, 0.2) is 47.5 Å². The molecule has 2 rings (SSSR count). The van der Waals surface area contributed by atoms with Crippen molar-refractivity contribution in [3.63, 3.8) is 0 Å².